The van der Waals surface area contributed by atoms with Crippen molar-refractivity contribution in [1.82, 2.24) is 9.97 Å². The second-order valence-electron chi connectivity index (χ2n) is 5.23. The van der Waals surface area contributed by atoms with Gasteiger partial charge in [-0.1, -0.05) is 35.5 Å². The van der Waals surface area contributed by atoms with Crippen LogP contribution in [0, 0.1) is 18.6 Å². The fourth-order valence-electron chi connectivity index (χ4n) is 2.11. The van der Waals surface area contributed by atoms with Crippen LogP contribution in [0.5, 0.6) is 11.6 Å². The number of para-hydroxylation sites is 1. The minimum atomic E-state index is -0.608. The molecule has 0 spiro atoms. The molecule has 2 aromatic carbocycles. The topological polar surface area (TPSA) is 35.0 Å². The van der Waals surface area contributed by atoms with Crippen molar-refractivity contribution in [1.29, 1.82) is 0 Å². The maximum Gasteiger partial charge on any atom is 0.223 e. The standard InChI is InChI=1S/C18H13ClF2N2OS/c1-11-6-17(24-16-5-3-2-4-15(16)19)23-18(22-11)25-10-12-7-13(20)9-14(21)8-12/h2-9H,10H2,1H3. The minimum absolute atomic E-state index is 0.337. The molecule has 3 aromatic rings. The van der Waals surface area contributed by atoms with Crippen molar-refractivity contribution >= 4 is 23.4 Å². The second kappa shape index (κ2) is 7.80. The summed E-state index contributed by atoms with van der Waals surface area (Å²) in [5.74, 6) is -0.0325. The Balaban J connectivity index is 1.76. The number of aryl methyl sites for hydroxylation is 1. The van der Waals surface area contributed by atoms with Gasteiger partial charge in [0.05, 0.1) is 5.02 Å². The summed E-state index contributed by atoms with van der Waals surface area (Å²) in [5.41, 5.74) is 1.23. The average Bonchev–Trinajstić information content (AvgIpc) is 2.54. The largest absolute Gasteiger partial charge is 0.437 e. The van der Waals surface area contributed by atoms with E-state index in [0.717, 1.165) is 6.07 Å². The van der Waals surface area contributed by atoms with Crippen LogP contribution in [-0.2, 0) is 5.75 Å². The molecule has 0 bridgehead atoms. The summed E-state index contributed by atoms with van der Waals surface area (Å²) < 4.78 is 32.2. The quantitative estimate of drug-likeness (QED) is 0.415. The molecule has 0 aliphatic rings. The van der Waals surface area contributed by atoms with Crippen molar-refractivity contribution in [3.8, 4) is 11.6 Å². The van der Waals surface area contributed by atoms with Crippen LogP contribution in [0.4, 0.5) is 8.78 Å². The van der Waals surface area contributed by atoms with Crippen LogP contribution in [0.15, 0.2) is 53.7 Å². The second-order valence-corrected chi connectivity index (χ2v) is 6.58. The lowest BCUT2D eigenvalue weighted by Crippen LogP contribution is -1.96. The lowest BCUT2D eigenvalue weighted by molar-refractivity contribution is 0.454. The van der Waals surface area contributed by atoms with E-state index in [1.54, 1.807) is 24.3 Å². The van der Waals surface area contributed by atoms with E-state index in [0.29, 0.717) is 38.8 Å². The first-order valence-electron chi connectivity index (χ1n) is 7.35. The van der Waals surface area contributed by atoms with Gasteiger partial charge in [0.15, 0.2) is 5.16 Å². The van der Waals surface area contributed by atoms with Gasteiger partial charge in [-0.3, -0.25) is 0 Å². The van der Waals surface area contributed by atoms with Crippen LogP contribution in [0.3, 0.4) is 0 Å². The smallest absolute Gasteiger partial charge is 0.223 e. The Hall–Kier alpha value is -2.18. The highest BCUT2D eigenvalue weighted by molar-refractivity contribution is 7.98. The molecule has 7 heteroatoms. The van der Waals surface area contributed by atoms with E-state index in [9.17, 15) is 8.78 Å². The number of hydrogen-bond donors (Lipinski definition) is 0. The average molecular weight is 379 g/mol. The van der Waals surface area contributed by atoms with Crippen molar-refractivity contribution in [3.63, 3.8) is 0 Å². The van der Waals surface area contributed by atoms with Gasteiger partial charge in [-0.2, -0.15) is 4.98 Å². The van der Waals surface area contributed by atoms with Gasteiger partial charge < -0.3 is 4.74 Å². The zero-order chi connectivity index (χ0) is 17.8. The summed E-state index contributed by atoms with van der Waals surface area (Å²) >= 11 is 7.35. The Morgan fingerprint density at radius 1 is 1.04 bits per heavy atom. The van der Waals surface area contributed by atoms with Crippen LogP contribution in [-0.4, -0.2) is 9.97 Å². The molecule has 1 heterocycles. The van der Waals surface area contributed by atoms with E-state index >= 15 is 0 Å². The fourth-order valence-corrected chi connectivity index (χ4v) is 3.11. The summed E-state index contributed by atoms with van der Waals surface area (Å²) in [4.78, 5) is 8.62. The molecule has 0 fully saturated rings. The predicted octanol–water partition coefficient (Wildman–Crippen LogP) is 5.80. The summed E-state index contributed by atoms with van der Waals surface area (Å²) in [5, 5.41) is 0.926. The first-order valence-corrected chi connectivity index (χ1v) is 8.72. The van der Waals surface area contributed by atoms with Crippen LogP contribution >= 0.6 is 23.4 Å². The Morgan fingerprint density at radius 2 is 1.76 bits per heavy atom. The zero-order valence-corrected chi connectivity index (χ0v) is 14.7. The van der Waals surface area contributed by atoms with Crippen molar-refractivity contribution in [2.24, 2.45) is 0 Å². The van der Waals surface area contributed by atoms with Gasteiger partial charge in [0.1, 0.15) is 17.4 Å². The molecular formula is C18H13ClF2N2OS. The van der Waals surface area contributed by atoms with Gasteiger partial charge in [0, 0.05) is 23.6 Å². The van der Waals surface area contributed by atoms with Gasteiger partial charge >= 0.3 is 0 Å². The zero-order valence-electron chi connectivity index (χ0n) is 13.2. The molecule has 0 atom stereocenters. The number of hydrogen-bond acceptors (Lipinski definition) is 4. The van der Waals surface area contributed by atoms with Crippen LogP contribution in [0.2, 0.25) is 5.02 Å². The molecule has 0 saturated carbocycles. The van der Waals surface area contributed by atoms with Gasteiger partial charge in [-0.15, -0.1) is 0 Å². The molecule has 25 heavy (non-hydrogen) atoms. The van der Waals surface area contributed by atoms with Gasteiger partial charge in [0.2, 0.25) is 5.88 Å². The van der Waals surface area contributed by atoms with Crippen LogP contribution in [0.1, 0.15) is 11.3 Å². The van der Waals surface area contributed by atoms with Crippen LogP contribution < -0.4 is 4.74 Å². The molecule has 0 saturated heterocycles. The highest BCUT2D eigenvalue weighted by atomic mass is 35.5. The summed E-state index contributed by atoms with van der Waals surface area (Å²) in [6.45, 7) is 1.81. The number of rotatable bonds is 5. The number of ether oxygens (including phenoxy) is 1. The van der Waals surface area contributed by atoms with Crippen molar-refractivity contribution in [2.45, 2.75) is 17.8 Å². The monoisotopic (exact) mass is 378 g/mol. The molecule has 0 amide bonds. The minimum Gasteiger partial charge on any atom is -0.437 e. The van der Waals surface area contributed by atoms with Crippen molar-refractivity contribution in [2.75, 3.05) is 0 Å². The Kier molecular flexibility index (Phi) is 5.50. The third-order valence-electron chi connectivity index (χ3n) is 3.15. The molecule has 128 valence electrons. The summed E-state index contributed by atoms with van der Waals surface area (Å²) in [7, 11) is 0. The number of halogens is 3. The normalized spacial score (nSPS) is 10.7. The maximum absolute atomic E-state index is 13.2. The summed E-state index contributed by atoms with van der Waals surface area (Å²) in [6.07, 6.45) is 0. The van der Waals surface area contributed by atoms with Crippen molar-refractivity contribution < 1.29 is 13.5 Å². The molecule has 0 N–H and O–H groups in total. The Labute approximate surface area is 153 Å². The summed E-state index contributed by atoms with van der Waals surface area (Å²) in [6, 6.07) is 12.2. The van der Waals surface area contributed by atoms with E-state index in [1.807, 2.05) is 13.0 Å². The predicted molar refractivity (Wildman–Crippen MR) is 94.2 cm³/mol. The molecular weight excluding hydrogens is 366 g/mol. The number of benzene rings is 2. The molecule has 3 rings (SSSR count). The van der Waals surface area contributed by atoms with E-state index in [4.69, 9.17) is 16.3 Å². The molecule has 0 aliphatic carbocycles. The lowest BCUT2D eigenvalue weighted by Gasteiger charge is -2.09. The lowest BCUT2D eigenvalue weighted by atomic mass is 10.2. The van der Waals surface area contributed by atoms with E-state index in [1.165, 1.54) is 23.9 Å². The highest BCUT2D eigenvalue weighted by Crippen LogP contribution is 2.29. The Bertz CT molecular complexity index is 888. The number of thioether (sulfide) groups is 1. The van der Waals surface area contributed by atoms with E-state index in [-0.39, 0.29) is 0 Å². The third-order valence-corrected chi connectivity index (χ3v) is 4.38. The Morgan fingerprint density at radius 3 is 2.48 bits per heavy atom. The molecule has 0 aliphatic heterocycles. The van der Waals surface area contributed by atoms with Crippen molar-refractivity contribution in [3.05, 3.63) is 76.4 Å². The van der Waals surface area contributed by atoms with E-state index in [2.05, 4.69) is 9.97 Å². The first-order chi connectivity index (χ1) is 12.0. The highest BCUT2D eigenvalue weighted by Gasteiger charge is 2.09. The van der Waals surface area contributed by atoms with Crippen LogP contribution in [0.25, 0.3) is 0 Å². The molecule has 0 radical (unpaired) electrons. The first kappa shape index (κ1) is 17.6. The van der Waals surface area contributed by atoms with Gasteiger partial charge in [0.25, 0.3) is 0 Å². The molecule has 3 nitrogen and oxygen atoms in total. The molecule has 1 aromatic heterocycles. The van der Waals surface area contributed by atoms with Gasteiger partial charge in [-0.05, 0) is 36.8 Å². The number of aromatic nitrogens is 2. The number of nitrogens with zero attached hydrogens (tertiary/aromatic N) is 2. The third kappa shape index (κ3) is 4.90. The van der Waals surface area contributed by atoms with Gasteiger partial charge in [-0.25, -0.2) is 13.8 Å². The SMILES string of the molecule is Cc1cc(Oc2ccccc2Cl)nc(SCc2cc(F)cc(F)c2)n1. The fraction of sp³-hybridized carbons (Fsp3) is 0.111. The maximum atomic E-state index is 13.2. The molecule has 0 unspecified atom stereocenters. The van der Waals surface area contributed by atoms with E-state index < -0.39 is 11.6 Å².